The zero-order valence-electron chi connectivity index (χ0n) is 13.8. The quantitative estimate of drug-likeness (QED) is 0.595. The highest BCUT2D eigenvalue weighted by atomic mass is 32.2. The highest BCUT2D eigenvalue weighted by Crippen LogP contribution is 2.36. The molecular weight excluding hydrogens is 334 g/mol. The highest BCUT2D eigenvalue weighted by molar-refractivity contribution is 8.18. The summed E-state index contributed by atoms with van der Waals surface area (Å²) in [5.74, 6) is 2.79. The van der Waals surface area contributed by atoms with Crippen molar-refractivity contribution in [3.05, 3.63) is 46.9 Å². The van der Waals surface area contributed by atoms with Crippen LogP contribution in [0.5, 0.6) is 5.75 Å². The SMILES string of the molecule is C#CCOc1ccc2ccccc2c1/C=C1/SC(=O)N(CCC)C1=O. The summed E-state index contributed by atoms with van der Waals surface area (Å²) in [5.41, 5.74) is 0.760. The van der Waals surface area contributed by atoms with Gasteiger partial charge in [0, 0.05) is 12.1 Å². The number of benzene rings is 2. The summed E-state index contributed by atoms with van der Waals surface area (Å²) in [5, 5.41) is 1.73. The molecule has 0 saturated carbocycles. The molecule has 1 aliphatic rings. The lowest BCUT2D eigenvalue weighted by molar-refractivity contribution is -0.122. The second kappa shape index (κ2) is 7.45. The van der Waals surface area contributed by atoms with Gasteiger partial charge in [0.25, 0.3) is 11.1 Å². The smallest absolute Gasteiger partial charge is 0.293 e. The van der Waals surface area contributed by atoms with Crippen LogP contribution in [0.4, 0.5) is 4.79 Å². The molecule has 0 bridgehead atoms. The normalized spacial score (nSPS) is 15.8. The molecule has 1 fully saturated rings. The number of thioether (sulfide) groups is 1. The fourth-order valence-corrected chi connectivity index (χ4v) is 3.56. The van der Waals surface area contributed by atoms with Crippen molar-refractivity contribution in [1.29, 1.82) is 0 Å². The zero-order valence-corrected chi connectivity index (χ0v) is 14.6. The monoisotopic (exact) mass is 351 g/mol. The second-order valence-electron chi connectivity index (χ2n) is 5.52. The molecule has 4 nitrogen and oxygen atoms in total. The average molecular weight is 351 g/mol. The molecule has 0 N–H and O–H groups in total. The van der Waals surface area contributed by atoms with Crippen molar-refractivity contribution < 1.29 is 14.3 Å². The summed E-state index contributed by atoms with van der Waals surface area (Å²) < 4.78 is 5.64. The maximum Gasteiger partial charge on any atom is 0.293 e. The molecule has 2 aromatic rings. The van der Waals surface area contributed by atoms with Crippen LogP contribution in [-0.2, 0) is 4.79 Å². The van der Waals surface area contributed by atoms with Gasteiger partial charge in [-0.3, -0.25) is 14.5 Å². The van der Waals surface area contributed by atoms with Gasteiger partial charge in [0.05, 0.1) is 4.91 Å². The number of hydrogen-bond donors (Lipinski definition) is 0. The van der Waals surface area contributed by atoms with Crippen LogP contribution < -0.4 is 4.74 Å². The Morgan fingerprint density at radius 3 is 2.80 bits per heavy atom. The van der Waals surface area contributed by atoms with Crippen molar-refractivity contribution in [1.82, 2.24) is 4.90 Å². The first-order valence-corrected chi connectivity index (χ1v) is 8.80. The lowest BCUT2D eigenvalue weighted by Crippen LogP contribution is -2.28. The highest BCUT2D eigenvalue weighted by Gasteiger charge is 2.34. The van der Waals surface area contributed by atoms with Gasteiger partial charge in [-0.2, -0.15) is 0 Å². The Morgan fingerprint density at radius 2 is 2.04 bits per heavy atom. The van der Waals surface area contributed by atoms with E-state index in [0.717, 1.165) is 34.5 Å². The molecule has 2 amide bonds. The number of carbonyl (C=O) groups is 2. The molecule has 0 atom stereocenters. The summed E-state index contributed by atoms with van der Waals surface area (Å²) in [6.45, 7) is 2.50. The van der Waals surface area contributed by atoms with Crippen molar-refractivity contribution in [2.45, 2.75) is 13.3 Å². The Bertz CT molecular complexity index is 911. The maximum atomic E-state index is 12.5. The number of nitrogens with zero attached hydrogens (tertiary/aromatic N) is 1. The van der Waals surface area contributed by atoms with Crippen LogP contribution in [-0.4, -0.2) is 29.2 Å². The predicted molar refractivity (Wildman–Crippen MR) is 101 cm³/mol. The molecule has 1 saturated heterocycles. The van der Waals surface area contributed by atoms with E-state index in [1.165, 1.54) is 4.90 Å². The van der Waals surface area contributed by atoms with E-state index in [0.29, 0.717) is 17.2 Å². The van der Waals surface area contributed by atoms with Crippen molar-refractivity contribution >= 4 is 39.8 Å². The molecule has 1 heterocycles. The third kappa shape index (κ3) is 3.40. The number of carbonyl (C=O) groups excluding carboxylic acids is 2. The molecule has 3 rings (SSSR count). The van der Waals surface area contributed by atoms with Gasteiger partial charge < -0.3 is 4.74 Å². The van der Waals surface area contributed by atoms with Crippen molar-refractivity contribution in [2.75, 3.05) is 13.2 Å². The third-order valence-corrected chi connectivity index (χ3v) is 4.75. The summed E-state index contributed by atoms with van der Waals surface area (Å²) in [7, 11) is 0. The van der Waals surface area contributed by atoms with Crippen molar-refractivity contribution in [3.63, 3.8) is 0 Å². The molecule has 25 heavy (non-hydrogen) atoms. The summed E-state index contributed by atoms with van der Waals surface area (Å²) in [6.07, 6.45) is 7.76. The summed E-state index contributed by atoms with van der Waals surface area (Å²) in [6, 6.07) is 11.6. The first-order chi connectivity index (χ1) is 12.2. The topological polar surface area (TPSA) is 46.6 Å². The number of hydrogen-bond acceptors (Lipinski definition) is 4. The molecular formula is C20H17NO3S. The average Bonchev–Trinajstić information content (AvgIpc) is 2.89. The van der Waals surface area contributed by atoms with E-state index in [9.17, 15) is 9.59 Å². The van der Waals surface area contributed by atoms with Gasteiger partial charge in [-0.25, -0.2) is 0 Å². The van der Waals surface area contributed by atoms with Gasteiger partial charge >= 0.3 is 0 Å². The molecule has 0 spiro atoms. The van der Waals surface area contributed by atoms with E-state index in [4.69, 9.17) is 11.2 Å². The van der Waals surface area contributed by atoms with E-state index < -0.39 is 0 Å². The van der Waals surface area contributed by atoms with E-state index in [1.807, 2.05) is 43.3 Å². The maximum absolute atomic E-state index is 12.5. The molecule has 0 aliphatic carbocycles. The van der Waals surface area contributed by atoms with Crippen LogP contribution >= 0.6 is 11.8 Å². The summed E-state index contributed by atoms with van der Waals surface area (Å²) in [4.78, 5) is 26.3. The molecule has 5 heteroatoms. The predicted octanol–water partition coefficient (Wildman–Crippen LogP) is 4.30. The lowest BCUT2D eigenvalue weighted by atomic mass is 10.0. The molecule has 126 valence electrons. The number of rotatable bonds is 5. The summed E-state index contributed by atoms with van der Waals surface area (Å²) >= 11 is 0.960. The zero-order chi connectivity index (χ0) is 17.8. The van der Waals surface area contributed by atoms with Crippen LogP contribution in [0.3, 0.4) is 0 Å². The van der Waals surface area contributed by atoms with Crippen LogP contribution in [0.1, 0.15) is 18.9 Å². The van der Waals surface area contributed by atoms with Gasteiger partial charge in [-0.15, -0.1) is 6.42 Å². The Balaban J connectivity index is 2.09. The minimum absolute atomic E-state index is 0.135. The molecule has 0 unspecified atom stereocenters. The molecule has 0 radical (unpaired) electrons. The van der Waals surface area contributed by atoms with Gasteiger partial charge in [-0.1, -0.05) is 43.2 Å². The van der Waals surface area contributed by atoms with E-state index >= 15 is 0 Å². The van der Waals surface area contributed by atoms with Crippen molar-refractivity contribution in [2.24, 2.45) is 0 Å². The van der Waals surface area contributed by atoms with Crippen molar-refractivity contribution in [3.8, 4) is 18.1 Å². The molecule has 2 aromatic carbocycles. The van der Waals surface area contributed by atoms with Gasteiger partial charge in [0.15, 0.2) is 0 Å². The largest absolute Gasteiger partial charge is 0.480 e. The minimum atomic E-state index is -0.257. The Labute approximate surface area is 150 Å². The standard InChI is InChI=1S/C20H17NO3S/c1-3-11-21-19(22)18(25-20(21)23)13-16-15-8-6-5-7-14(15)9-10-17(16)24-12-4-2/h2,5-10,13H,3,11-12H2,1H3/b18-13+. The van der Waals surface area contributed by atoms with E-state index in [1.54, 1.807) is 6.08 Å². The fourth-order valence-electron chi connectivity index (χ4n) is 2.72. The second-order valence-corrected chi connectivity index (χ2v) is 6.52. The van der Waals surface area contributed by atoms with Crippen LogP contribution in [0.15, 0.2) is 41.3 Å². The number of fused-ring (bicyclic) bond motifs is 1. The van der Waals surface area contributed by atoms with Gasteiger partial charge in [0.1, 0.15) is 12.4 Å². The molecule has 1 aliphatic heterocycles. The fraction of sp³-hybridized carbons (Fsp3) is 0.200. The van der Waals surface area contributed by atoms with E-state index in [-0.39, 0.29) is 17.8 Å². The van der Waals surface area contributed by atoms with E-state index in [2.05, 4.69) is 5.92 Å². The third-order valence-electron chi connectivity index (χ3n) is 3.84. The lowest BCUT2D eigenvalue weighted by Gasteiger charge is -2.11. The Hall–Kier alpha value is -2.71. The molecule has 0 aromatic heterocycles. The Kier molecular flexibility index (Phi) is 5.11. The minimum Gasteiger partial charge on any atom is -0.480 e. The van der Waals surface area contributed by atoms with Crippen LogP contribution in [0, 0.1) is 12.3 Å². The first kappa shape index (κ1) is 17.1. The number of ether oxygens (including phenoxy) is 1. The van der Waals surface area contributed by atoms with Gasteiger partial charge in [-0.05, 0) is 41.1 Å². The number of amides is 2. The van der Waals surface area contributed by atoms with Gasteiger partial charge in [0.2, 0.25) is 0 Å². The Morgan fingerprint density at radius 1 is 1.24 bits per heavy atom. The number of terminal acetylenes is 1. The number of imide groups is 1. The van der Waals surface area contributed by atoms with Crippen LogP contribution in [0.25, 0.3) is 16.8 Å². The van der Waals surface area contributed by atoms with Crippen LogP contribution in [0.2, 0.25) is 0 Å². The first-order valence-electron chi connectivity index (χ1n) is 7.99.